The number of aromatic nitrogens is 1. The molecular weight excluding hydrogens is 721 g/mol. The maximum Gasteiger partial charge on any atom is 0.0719 e. The maximum absolute atomic E-state index is 2.49. The first kappa shape index (κ1) is 33.2. The van der Waals surface area contributed by atoms with Crippen molar-refractivity contribution in [2.24, 2.45) is 0 Å². The zero-order valence-corrected chi connectivity index (χ0v) is 33.1. The molecule has 274 valence electrons. The highest BCUT2D eigenvalue weighted by molar-refractivity contribution is 7.26. The quantitative estimate of drug-likeness (QED) is 0.170. The summed E-state index contributed by atoms with van der Waals surface area (Å²) in [5.41, 5.74) is 14.9. The van der Waals surface area contributed by atoms with Crippen molar-refractivity contribution in [1.29, 1.82) is 0 Å². The molecule has 0 saturated heterocycles. The molecule has 1 aliphatic carbocycles. The fraction of sp³-hybridized carbons (Fsp3) is 0.0545. The Labute approximate surface area is 341 Å². The van der Waals surface area contributed by atoms with E-state index in [0.29, 0.717) is 0 Å². The van der Waals surface area contributed by atoms with Crippen molar-refractivity contribution in [3.05, 3.63) is 205 Å². The fourth-order valence-electron chi connectivity index (χ4n) is 9.78. The molecule has 58 heavy (non-hydrogen) atoms. The minimum absolute atomic E-state index is 0.114. The Morgan fingerprint density at radius 1 is 0.466 bits per heavy atom. The smallest absolute Gasteiger partial charge is 0.0719 e. The lowest BCUT2D eigenvalue weighted by Crippen LogP contribution is -2.16. The monoisotopic (exact) mass is 758 g/mol. The molecule has 12 rings (SSSR count). The van der Waals surface area contributed by atoms with Crippen LogP contribution in [0.1, 0.15) is 25.0 Å². The minimum atomic E-state index is -0.114. The molecule has 3 heteroatoms. The SMILES string of the molecule is CC1(C)c2ccccc2-c2ccc(N(c3ccc4c(c3)c3ccc5c6cc(-c7ccccc7)ccc6sc5c3n4-c3ccccc3)c3cccc4ccccc34)cc21. The van der Waals surface area contributed by atoms with Crippen LogP contribution in [0.3, 0.4) is 0 Å². The van der Waals surface area contributed by atoms with Crippen LogP contribution in [0, 0.1) is 0 Å². The van der Waals surface area contributed by atoms with Gasteiger partial charge in [-0.1, -0.05) is 147 Å². The topological polar surface area (TPSA) is 8.17 Å². The number of para-hydroxylation sites is 1. The number of thiophene rings is 1. The molecule has 2 heterocycles. The van der Waals surface area contributed by atoms with Crippen LogP contribution in [0.4, 0.5) is 17.1 Å². The van der Waals surface area contributed by atoms with Crippen LogP contribution in [0.15, 0.2) is 194 Å². The third kappa shape index (κ3) is 4.84. The summed E-state index contributed by atoms with van der Waals surface area (Å²) in [6.07, 6.45) is 0. The highest BCUT2D eigenvalue weighted by Gasteiger charge is 2.36. The van der Waals surface area contributed by atoms with E-state index in [1.807, 2.05) is 11.3 Å². The summed E-state index contributed by atoms with van der Waals surface area (Å²) >= 11 is 1.90. The van der Waals surface area contributed by atoms with Crippen molar-refractivity contribution in [2.75, 3.05) is 4.90 Å². The predicted octanol–water partition coefficient (Wildman–Crippen LogP) is 15.7. The molecule has 2 aromatic heterocycles. The zero-order chi connectivity index (χ0) is 38.5. The summed E-state index contributed by atoms with van der Waals surface area (Å²) in [6, 6.07) is 71.8. The standard InChI is InChI=1S/C55H38N2S/c1-55(2)48-22-12-11-21-42(48)43-27-25-40(34-49(43)55)56(50-23-13-17-36-16-9-10-20-41(36)50)39-26-30-51-46(33-39)44-28-29-45-47-32-37(35-14-5-3-6-15-35)24-31-52(47)58-54(45)53(44)57(51)38-18-7-4-8-19-38/h3-34H,1-2H3. The normalized spacial score (nSPS) is 13.1. The predicted molar refractivity (Wildman–Crippen MR) is 249 cm³/mol. The van der Waals surface area contributed by atoms with Gasteiger partial charge in [-0.2, -0.15) is 0 Å². The van der Waals surface area contributed by atoms with Crippen LogP contribution < -0.4 is 4.90 Å². The first-order valence-corrected chi connectivity index (χ1v) is 20.9. The summed E-state index contributed by atoms with van der Waals surface area (Å²) in [6.45, 7) is 4.73. The number of benzene rings is 9. The van der Waals surface area contributed by atoms with Gasteiger partial charge in [-0.25, -0.2) is 0 Å². The molecule has 0 N–H and O–H groups in total. The van der Waals surface area contributed by atoms with Gasteiger partial charge in [-0.05, 0) is 99.4 Å². The summed E-state index contributed by atoms with van der Waals surface area (Å²) in [5, 5.41) is 7.54. The van der Waals surface area contributed by atoms with Gasteiger partial charge in [-0.3, -0.25) is 0 Å². The lowest BCUT2D eigenvalue weighted by atomic mass is 9.82. The summed E-state index contributed by atoms with van der Waals surface area (Å²) in [4.78, 5) is 2.48. The molecule has 0 saturated carbocycles. The van der Waals surface area contributed by atoms with E-state index < -0.39 is 0 Å². The van der Waals surface area contributed by atoms with Crippen LogP contribution in [0.2, 0.25) is 0 Å². The van der Waals surface area contributed by atoms with Crippen molar-refractivity contribution >= 4 is 81.1 Å². The second-order valence-electron chi connectivity index (χ2n) is 16.1. The van der Waals surface area contributed by atoms with Crippen molar-refractivity contribution in [2.45, 2.75) is 19.3 Å². The molecule has 0 radical (unpaired) electrons. The van der Waals surface area contributed by atoms with Crippen molar-refractivity contribution in [3.63, 3.8) is 0 Å². The number of fused-ring (bicyclic) bond motifs is 11. The average molecular weight is 759 g/mol. The van der Waals surface area contributed by atoms with Gasteiger partial charge in [0.1, 0.15) is 0 Å². The van der Waals surface area contributed by atoms with E-state index in [-0.39, 0.29) is 5.41 Å². The van der Waals surface area contributed by atoms with Crippen LogP contribution in [0.25, 0.3) is 80.7 Å². The first-order valence-electron chi connectivity index (χ1n) is 20.1. The second kappa shape index (κ2) is 12.5. The molecule has 9 aromatic carbocycles. The van der Waals surface area contributed by atoms with Crippen LogP contribution >= 0.6 is 11.3 Å². The molecule has 0 atom stereocenters. The number of rotatable bonds is 5. The number of anilines is 3. The first-order chi connectivity index (χ1) is 28.5. The van der Waals surface area contributed by atoms with Gasteiger partial charge < -0.3 is 9.47 Å². The van der Waals surface area contributed by atoms with E-state index in [9.17, 15) is 0 Å². The van der Waals surface area contributed by atoms with E-state index in [2.05, 4.69) is 217 Å². The molecule has 0 aliphatic heterocycles. The molecule has 0 fully saturated rings. The Kier molecular flexibility index (Phi) is 7.18. The molecule has 0 amide bonds. The Morgan fingerprint density at radius 3 is 2.05 bits per heavy atom. The molecular formula is C55H38N2S. The van der Waals surface area contributed by atoms with Crippen LogP contribution in [-0.4, -0.2) is 4.57 Å². The van der Waals surface area contributed by atoms with Crippen molar-refractivity contribution in [3.8, 4) is 27.9 Å². The van der Waals surface area contributed by atoms with Gasteiger partial charge in [-0.15, -0.1) is 11.3 Å². The molecule has 2 nitrogen and oxygen atoms in total. The minimum Gasteiger partial charge on any atom is -0.310 e. The second-order valence-corrected chi connectivity index (χ2v) is 17.2. The van der Waals surface area contributed by atoms with Gasteiger partial charge >= 0.3 is 0 Å². The summed E-state index contributed by atoms with van der Waals surface area (Å²) in [7, 11) is 0. The van der Waals surface area contributed by atoms with Crippen LogP contribution in [0.5, 0.6) is 0 Å². The Hall–Kier alpha value is -6.94. The number of hydrogen-bond acceptors (Lipinski definition) is 2. The van der Waals surface area contributed by atoms with E-state index in [1.165, 1.54) is 91.8 Å². The fourth-order valence-corrected chi connectivity index (χ4v) is 11.0. The lowest BCUT2D eigenvalue weighted by molar-refractivity contribution is 0.660. The number of hydrogen-bond donors (Lipinski definition) is 0. The Bertz CT molecular complexity index is 3420. The summed E-state index contributed by atoms with van der Waals surface area (Å²) < 4.78 is 5.10. The van der Waals surface area contributed by atoms with E-state index in [0.717, 1.165) is 17.1 Å². The largest absolute Gasteiger partial charge is 0.310 e. The highest BCUT2D eigenvalue weighted by atomic mass is 32.1. The zero-order valence-electron chi connectivity index (χ0n) is 32.3. The van der Waals surface area contributed by atoms with Gasteiger partial charge in [0, 0.05) is 54.1 Å². The molecule has 0 unspecified atom stereocenters. The summed E-state index contributed by atoms with van der Waals surface area (Å²) in [5.74, 6) is 0. The van der Waals surface area contributed by atoms with Gasteiger partial charge in [0.25, 0.3) is 0 Å². The van der Waals surface area contributed by atoms with E-state index in [1.54, 1.807) is 0 Å². The Balaban J connectivity index is 1.12. The van der Waals surface area contributed by atoms with E-state index in [4.69, 9.17) is 0 Å². The Morgan fingerprint density at radius 2 is 1.17 bits per heavy atom. The highest BCUT2D eigenvalue weighted by Crippen LogP contribution is 2.52. The number of nitrogens with zero attached hydrogens (tertiary/aromatic N) is 2. The molecule has 1 aliphatic rings. The van der Waals surface area contributed by atoms with Gasteiger partial charge in [0.05, 0.1) is 21.4 Å². The molecule has 0 spiro atoms. The lowest BCUT2D eigenvalue weighted by Gasteiger charge is -2.29. The molecule has 0 bridgehead atoms. The van der Waals surface area contributed by atoms with Gasteiger partial charge in [0.15, 0.2) is 0 Å². The van der Waals surface area contributed by atoms with Crippen LogP contribution in [-0.2, 0) is 5.41 Å². The van der Waals surface area contributed by atoms with Crippen molar-refractivity contribution < 1.29 is 0 Å². The third-order valence-electron chi connectivity index (χ3n) is 12.6. The van der Waals surface area contributed by atoms with Gasteiger partial charge in [0.2, 0.25) is 0 Å². The maximum atomic E-state index is 2.49. The molecule has 11 aromatic rings. The van der Waals surface area contributed by atoms with Crippen molar-refractivity contribution in [1.82, 2.24) is 4.57 Å². The third-order valence-corrected chi connectivity index (χ3v) is 13.8. The average Bonchev–Trinajstić information content (AvgIpc) is 3.89. The van der Waals surface area contributed by atoms with E-state index >= 15 is 0 Å².